The minimum atomic E-state index is -4.34. The number of rotatable bonds is 7. The van der Waals surface area contributed by atoms with Gasteiger partial charge >= 0.3 is 6.18 Å². The van der Waals surface area contributed by atoms with E-state index < -0.39 is 11.7 Å². The number of halogens is 4. The number of piperidine rings is 1. The molecular weight excluding hydrogens is 381 g/mol. The largest absolute Gasteiger partial charge is 0.416 e. The zero-order valence-electron chi connectivity index (χ0n) is 15.5. The Morgan fingerprint density at radius 1 is 1.26 bits per heavy atom. The second-order valence-corrected chi connectivity index (χ2v) is 6.84. The van der Waals surface area contributed by atoms with Crippen molar-refractivity contribution in [1.29, 1.82) is 0 Å². The molecule has 0 aliphatic carbocycles. The smallest absolute Gasteiger partial charge is 0.378 e. The summed E-state index contributed by atoms with van der Waals surface area (Å²) in [6, 6.07) is 5.03. The molecule has 0 radical (unpaired) electrons. The van der Waals surface area contributed by atoms with Crippen molar-refractivity contribution in [2.45, 2.75) is 44.9 Å². The third kappa shape index (κ3) is 7.31. The van der Waals surface area contributed by atoms with E-state index in [0.29, 0.717) is 32.7 Å². The lowest BCUT2D eigenvalue weighted by atomic mass is 9.97. The van der Waals surface area contributed by atoms with Crippen molar-refractivity contribution in [2.75, 3.05) is 26.2 Å². The number of hydrogen-bond donors (Lipinski definition) is 1. The van der Waals surface area contributed by atoms with Gasteiger partial charge in [0.05, 0.1) is 11.7 Å². The third-order valence-corrected chi connectivity index (χ3v) is 4.70. The molecule has 0 aromatic heterocycles. The normalized spacial score (nSPS) is 16.7. The summed E-state index contributed by atoms with van der Waals surface area (Å²) in [4.78, 5) is 14.4. The highest BCUT2D eigenvalue weighted by Gasteiger charge is 2.30. The van der Waals surface area contributed by atoms with Gasteiger partial charge in [-0.3, -0.25) is 4.79 Å². The number of nitrogens with zero attached hydrogens (tertiary/aromatic N) is 1. The fraction of sp³-hybridized carbons (Fsp3) is 0.632. The second-order valence-electron chi connectivity index (χ2n) is 6.84. The Hall–Kier alpha value is -1.31. The molecule has 4 nitrogen and oxygen atoms in total. The van der Waals surface area contributed by atoms with Gasteiger partial charge in [-0.2, -0.15) is 13.2 Å². The molecule has 1 aromatic carbocycles. The van der Waals surface area contributed by atoms with Crippen molar-refractivity contribution >= 4 is 18.3 Å². The van der Waals surface area contributed by atoms with E-state index >= 15 is 0 Å². The maximum atomic E-state index is 12.6. The molecule has 1 aromatic rings. The molecular formula is C19H28ClF3N2O2. The molecule has 1 saturated heterocycles. The van der Waals surface area contributed by atoms with Crippen LogP contribution in [0.3, 0.4) is 0 Å². The number of carbonyl (C=O) groups is 1. The highest BCUT2D eigenvalue weighted by Crippen LogP contribution is 2.29. The Bertz CT molecular complexity index is 573. The Morgan fingerprint density at radius 2 is 1.85 bits per heavy atom. The predicted molar refractivity (Wildman–Crippen MR) is 101 cm³/mol. The molecule has 27 heavy (non-hydrogen) atoms. The Morgan fingerprint density at radius 3 is 2.37 bits per heavy atom. The highest BCUT2D eigenvalue weighted by molar-refractivity contribution is 5.85. The van der Waals surface area contributed by atoms with Crippen LogP contribution in [0.1, 0.15) is 37.3 Å². The number of hydrogen-bond acceptors (Lipinski definition) is 3. The number of nitrogens with two attached hydrogens (primary N) is 1. The molecule has 1 fully saturated rings. The van der Waals surface area contributed by atoms with Crippen LogP contribution in [0.4, 0.5) is 13.2 Å². The van der Waals surface area contributed by atoms with Gasteiger partial charge in [0, 0.05) is 25.6 Å². The Balaban J connectivity index is 0.00000364. The van der Waals surface area contributed by atoms with Gasteiger partial charge in [-0.25, -0.2) is 0 Å². The third-order valence-electron chi connectivity index (χ3n) is 4.70. The molecule has 0 spiro atoms. The van der Waals surface area contributed by atoms with E-state index in [0.717, 1.165) is 37.0 Å². The Labute approximate surface area is 164 Å². The average molecular weight is 409 g/mol. The van der Waals surface area contributed by atoms with Crippen molar-refractivity contribution in [2.24, 2.45) is 11.7 Å². The van der Waals surface area contributed by atoms with Crippen LogP contribution in [0.2, 0.25) is 0 Å². The van der Waals surface area contributed by atoms with Gasteiger partial charge in [-0.1, -0.05) is 19.1 Å². The minimum absolute atomic E-state index is 0. The van der Waals surface area contributed by atoms with Crippen LogP contribution >= 0.6 is 12.4 Å². The average Bonchev–Trinajstić information content (AvgIpc) is 2.61. The van der Waals surface area contributed by atoms with Crippen LogP contribution in [-0.4, -0.2) is 43.2 Å². The molecule has 1 unspecified atom stereocenters. The molecule has 1 atom stereocenters. The van der Waals surface area contributed by atoms with Crippen LogP contribution in [0.25, 0.3) is 0 Å². The van der Waals surface area contributed by atoms with Gasteiger partial charge < -0.3 is 15.4 Å². The number of likely N-dealkylation sites (tertiary alicyclic amines) is 1. The lowest BCUT2D eigenvalue weighted by Crippen LogP contribution is -2.43. The SMILES string of the molecule is CC(Cc1ccc(C(F)(F)F)cc1)C(=O)N1CCC(OCCCN)CC1.Cl. The van der Waals surface area contributed by atoms with E-state index in [2.05, 4.69) is 0 Å². The van der Waals surface area contributed by atoms with Crippen molar-refractivity contribution in [3.63, 3.8) is 0 Å². The van der Waals surface area contributed by atoms with Crippen LogP contribution in [-0.2, 0) is 22.1 Å². The number of alkyl halides is 3. The molecule has 2 rings (SSSR count). The van der Waals surface area contributed by atoms with E-state index in [4.69, 9.17) is 10.5 Å². The summed E-state index contributed by atoms with van der Waals surface area (Å²) in [5, 5.41) is 0. The summed E-state index contributed by atoms with van der Waals surface area (Å²) in [5.41, 5.74) is 5.51. The van der Waals surface area contributed by atoms with E-state index in [-0.39, 0.29) is 30.3 Å². The van der Waals surface area contributed by atoms with Gasteiger partial charge in [-0.05, 0) is 49.9 Å². The standard InChI is InChI=1S/C19H27F3N2O2.ClH/c1-14(13-15-3-5-16(6-4-15)19(20,21)22)18(25)24-10-7-17(8-11-24)26-12-2-9-23;/h3-6,14,17H,2,7-13,23H2,1H3;1H. The summed E-state index contributed by atoms with van der Waals surface area (Å²) in [5.74, 6) is -0.216. The number of benzene rings is 1. The zero-order valence-corrected chi connectivity index (χ0v) is 16.3. The monoisotopic (exact) mass is 408 g/mol. The molecule has 154 valence electrons. The van der Waals surface area contributed by atoms with E-state index in [1.165, 1.54) is 12.1 Å². The fourth-order valence-electron chi connectivity index (χ4n) is 3.16. The number of carbonyl (C=O) groups excluding carboxylic acids is 1. The zero-order chi connectivity index (χ0) is 19.2. The first-order valence-corrected chi connectivity index (χ1v) is 9.08. The van der Waals surface area contributed by atoms with Gasteiger partial charge in [-0.15, -0.1) is 12.4 Å². The molecule has 1 amide bonds. The van der Waals surface area contributed by atoms with Crippen LogP contribution in [0, 0.1) is 5.92 Å². The van der Waals surface area contributed by atoms with Gasteiger partial charge in [0.2, 0.25) is 5.91 Å². The first-order chi connectivity index (χ1) is 12.3. The summed E-state index contributed by atoms with van der Waals surface area (Å²) >= 11 is 0. The summed E-state index contributed by atoms with van der Waals surface area (Å²) < 4.78 is 43.6. The summed E-state index contributed by atoms with van der Waals surface area (Å²) in [6.45, 7) is 4.40. The summed E-state index contributed by atoms with van der Waals surface area (Å²) in [6.07, 6.45) is -1.27. The maximum absolute atomic E-state index is 12.6. The molecule has 8 heteroatoms. The van der Waals surface area contributed by atoms with Crippen molar-refractivity contribution in [1.82, 2.24) is 4.90 Å². The topological polar surface area (TPSA) is 55.6 Å². The fourth-order valence-corrected chi connectivity index (χ4v) is 3.16. The lowest BCUT2D eigenvalue weighted by Gasteiger charge is -2.33. The molecule has 2 N–H and O–H groups in total. The molecule has 0 bridgehead atoms. The van der Waals surface area contributed by atoms with Gasteiger partial charge in [0.1, 0.15) is 0 Å². The minimum Gasteiger partial charge on any atom is -0.378 e. The van der Waals surface area contributed by atoms with Crippen molar-refractivity contribution in [3.05, 3.63) is 35.4 Å². The van der Waals surface area contributed by atoms with Crippen molar-refractivity contribution in [3.8, 4) is 0 Å². The van der Waals surface area contributed by atoms with Crippen LogP contribution in [0.15, 0.2) is 24.3 Å². The molecule has 1 aliphatic rings. The second kappa shape index (κ2) is 10.9. The highest BCUT2D eigenvalue weighted by atomic mass is 35.5. The number of ether oxygens (including phenoxy) is 1. The quantitative estimate of drug-likeness (QED) is 0.700. The van der Waals surface area contributed by atoms with Gasteiger partial charge in [0.25, 0.3) is 0 Å². The first kappa shape index (κ1) is 23.7. The van der Waals surface area contributed by atoms with E-state index in [9.17, 15) is 18.0 Å². The Kier molecular flexibility index (Phi) is 9.56. The van der Waals surface area contributed by atoms with E-state index in [1.54, 1.807) is 0 Å². The molecule has 1 aliphatic heterocycles. The van der Waals surface area contributed by atoms with Crippen molar-refractivity contribution < 1.29 is 22.7 Å². The van der Waals surface area contributed by atoms with Crippen LogP contribution < -0.4 is 5.73 Å². The lowest BCUT2D eigenvalue weighted by molar-refractivity contribution is -0.138. The molecule has 1 heterocycles. The maximum Gasteiger partial charge on any atom is 0.416 e. The summed E-state index contributed by atoms with van der Waals surface area (Å²) in [7, 11) is 0. The van der Waals surface area contributed by atoms with Crippen LogP contribution in [0.5, 0.6) is 0 Å². The molecule has 0 saturated carbocycles. The number of amides is 1. The van der Waals surface area contributed by atoms with E-state index in [1.807, 2.05) is 11.8 Å². The van der Waals surface area contributed by atoms with Gasteiger partial charge in [0.15, 0.2) is 0 Å². The first-order valence-electron chi connectivity index (χ1n) is 9.08. The predicted octanol–water partition coefficient (Wildman–Crippen LogP) is 3.66.